The fourth-order valence-electron chi connectivity index (χ4n) is 3.64. The fourth-order valence-corrected chi connectivity index (χ4v) is 3.64. The third kappa shape index (κ3) is 4.57. The van der Waals surface area contributed by atoms with Crippen LogP contribution in [-0.2, 0) is 16.6 Å². The Hall–Kier alpha value is -2.09. The number of nitrogens with zero attached hydrogens (tertiary/aromatic N) is 2. The maximum Gasteiger partial charge on any atom is 0.416 e. The van der Waals surface area contributed by atoms with Gasteiger partial charge in [0.25, 0.3) is 0 Å². The molecule has 1 fully saturated rings. The lowest BCUT2D eigenvalue weighted by molar-refractivity contribution is -0.140. The smallest absolute Gasteiger partial charge is 0.386 e. The second-order valence-electron chi connectivity index (χ2n) is 9.62. The fraction of sp³-hybridized carbons (Fsp3) is 0.619. The monoisotopic (exact) mass is 411 g/mol. The van der Waals surface area contributed by atoms with Crippen molar-refractivity contribution in [1.82, 2.24) is 9.55 Å². The number of aromatic nitrogens is 2. The van der Waals surface area contributed by atoms with Crippen molar-refractivity contribution in [3.63, 3.8) is 0 Å². The minimum absolute atomic E-state index is 0.000919. The van der Waals surface area contributed by atoms with Crippen LogP contribution in [0, 0.1) is 5.41 Å². The van der Waals surface area contributed by atoms with Gasteiger partial charge in [0, 0.05) is 12.5 Å². The average Bonchev–Trinajstić information content (AvgIpc) is 2.78. The molecule has 1 aromatic heterocycles. The Morgan fingerprint density at radius 3 is 2.24 bits per heavy atom. The molecule has 5 nitrogen and oxygen atoms in total. The average molecular weight is 411 g/mol. The lowest BCUT2D eigenvalue weighted by Gasteiger charge is -2.30. The summed E-state index contributed by atoms with van der Waals surface area (Å²) in [7, 11) is 0. The van der Waals surface area contributed by atoms with E-state index < -0.39 is 17.3 Å². The molecule has 0 bridgehead atoms. The number of fused-ring (bicyclic) bond motifs is 1. The van der Waals surface area contributed by atoms with E-state index in [9.17, 15) is 23.1 Å². The Morgan fingerprint density at radius 2 is 1.79 bits per heavy atom. The number of carbonyl (C=O) groups excluding carboxylic acids is 1. The van der Waals surface area contributed by atoms with Crippen molar-refractivity contribution in [1.29, 1.82) is 0 Å². The van der Waals surface area contributed by atoms with Crippen LogP contribution in [-0.4, -0.2) is 20.6 Å². The Bertz CT molecular complexity index is 930. The molecular weight excluding hydrogens is 383 g/mol. The first kappa shape index (κ1) is 21.6. The second-order valence-corrected chi connectivity index (χ2v) is 9.62. The van der Waals surface area contributed by atoms with E-state index in [1.807, 2.05) is 20.8 Å². The van der Waals surface area contributed by atoms with Gasteiger partial charge in [-0.15, -0.1) is 0 Å². The summed E-state index contributed by atoms with van der Waals surface area (Å²) in [6.45, 7) is 8.45. The van der Waals surface area contributed by atoms with Gasteiger partial charge in [-0.1, -0.05) is 20.8 Å². The Morgan fingerprint density at radius 1 is 1.17 bits per heavy atom. The molecule has 160 valence electrons. The molecule has 8 heteroatoms. The lowest BCUT2D eigenvalue weighted by atomic mass is 9.91. The highest BCUT2D eigenvalue weighted by Crippen LogP contribution is 2.42. The van der Waals surface area contributed by atoms with Crippen LogP contribution in [0.1, 0.15) is 77.5 Å². The number of imidazole rings is 1. The van der Waals surface area contributed by atoms with Crippen LogP contribution in [0.25, 0.3) is 11.0 Å². The summed E-state index contributed by atoms with van der Waals surface area (Å²) in [5.74, 6) is 0.0344. The number of hydrogen-bond acceptors (Lipinski definition) is 3. The van der Waals surface area contributed by atoms with Crippen molar-refractivity contribution >= 4 is 22.9 Å². The first-order valence-electron chi connectivity index (χ1n) is 9.83. The van der Waals surface area contributed by atoms with Crippen molar-refractivity contribution in [3.8, 4) is 0 Å². The standard InChI is InChI=1S/C21H28F3N3O2/c1-19(2,3)11-17(28)26-18-25-15-9-13(20(4,5)29)14(21(22,23)24)10-16(15)27(18)12-7-6-8-12/h9-10,12,29H,6-8,11H2,1-5H3,(H,25,26,28). The molecule has 0 unspecified atom stereocenters. The number of halogens is 3. The van der Waals surface area contributed by atoms with Gasteiger partial charge >= 0.3 is 6.18 Å². The summed E-state index contributed by atoms with van der Waals surface area (Å²) in [6.07, 6.45) is -1.73. The number of aliphatic hydroxyl groups is 1. The van der Waals surface area contributed by atoms with E-state index >= 15 is 0 Å². The summed E-state index contributed by atoms with van der Waals surface area (Å²) >= 11 is 0. The predicted octanol–water partition coefficient (Wildman–Crippen LogP) is 5.38. The van der Waals surface area contributed by atoms with Gasteiger partial charge in [-0.2, -0.15) is 13.2 Å². The van der Waals surface area contributed by atoms with E-state index in [1.54, 1.807) is 4.57 Å². The predicted molar refractivity (Wildman–Crippen MR) is 106 cm³/mol. The summed E-state index contributed by atoms with van der Waals surface area (Å²) < 4.78 is 42.9. The highest BCUT2D eigenvalue weighted by Gasteiger charge is 2.39. The summed E-state index contributed by atoms with van der Waals surface area (Å²) in [5.41, 5.74) is -2.38. The van der Waals surface area contributed by atoms with E-state index in [-0.39, 0.29) is 35.3 Å². The quantitative estimate of drug-likeness (QED) is 0.710. The minimum Gasteiger partial charge on any atom is -0.386 e. The Labute approximate surface area is 168 Å². The van der Waals surface area contributed by atoms with Crippen molar-refractivity contribution in [2.45, 2.75) is 78.1 Å². The second kappa shape index (κ2) is 7.00. The van der Waals surface area contributed by atoms with Gasteiger partial charge in [0.1, 0.15) is 0 Å². The third-order valence-corrected chi connectivity index (χ3v) is 5.18. The van der Waals surface area contributed by atoms with Gasteiger partial charge in [0.2, 0.25) is 11.9 Å². The highest BCUT2D eigenvalue weighted by atomic mass is 19.4. The molecule has 0 atom stereocenters. The molecule has 0 spiro atoms. The molecule has 1 aliphatic rings. The van der Waals surface area contributed by atoms with Crippen LogP contribution in [0.4, 0.5) is 19.1 Å². The summed E-state index contributed by atoms with van der Waals surface area (Å²) in [5, 5.41) is 13.1. The van der Waals surface area contributed by atoms with E-state index in [4.69, 9.17) is 0 Å². The molecule has 1 aliphatic carbocycles. The van der Waals surface area contributed by atoms with E-state index in [2.05, 4.69) is 10.3 Å². The van der Waals surface area contributed by atoms with E-state index in [0.29, 0.717) is 11.0 Å². The van der Waals surface area contributed by atoms with Gasteiger partial charge in [-0.3, -0.25) is 10.1 Å². The number of carbonyl (C=O) groups is 1. The topological polar surface area (TPSA) is 67.2 Å². The van der Waals surface area contributed by atoms with Crippen LogP contribution >= 0.6 is 0 Å². The SMILES string of the molecule is CC(C)(C)CC(=O)Nc1nc2cc(C(C)(C)O)c(C(F)(F)F)cc2n1C1CCC1. The van der Waals surface area contributed by atoms with Crippen LogP contribution in [0.3, 0.4) is 0 Å². The van der Waals surface area contributed by atoms with Crippen LogP contribution in [0.5, 0.6) is 0 Å². The molecule has 1 heterocycles. The van der Waals surface area contributed by atoms with Gasteiger partial charge < -0.3 is 9.67 Å². The number of nitrogens with one attached hydrogen (secondary N) is 1. The summed E-state index contributed by atoms with van der Waals surface area (Å²) in [4.78, 5) is 16.9. The molecule has 29 heavy (non-hydrogen) atoms. The van der Waals surface area contributed by atoms with Crippen molar-refractivity contribution in [2.24, 2.45) is 5.41 Å². The van der Waals surface area contributed by atoms with Crippen LogP contribution in [0.15, 0.2) is 12.1 Å². The molecule has 0 aliphatic heterocycles. The van der Waals surface area contributed by atoms with E-state index in [1.165, 1.54) is 19.9 Å². The Balaban J connectivity index is 2.16. The van der Waals surface area contributed by atoms with Gasteiger partial charge in [-0.25, -0.2) is 4.98 Å². The van der Waals surface area contributed by atoms with Gasteiger partial charge in [0.05, 0.1) is 22.2 Å². The number of rotatable bonds is 4. The maximum atomic E-state index is 13.7. The third-order valence-electron chi connectivity index (χ3n) is 5.18. The first-order chi connectivity index (χ1) is 13.2. The number of hydrogen-bond donors (Lipinski definition) is 2. The molecule has 1 amide bonds. The minimum atomic E-state index is -4.62. The molecule has 1 aromatic carbocycles. The molecule has 1 saturated carbocycles. The van der Waals surface area contributed by atoms with Crippen LogP contribution < -0.4 is 5.32 Å². The van der Waals surface area contributed by atoms with E-state index in [0.717, 1.165) is 25.3 Å². The molecular formula is C21H28F3N3O2. The molecule has 0 radical (unpaired) electrons. The van der Waals surface area contributed by atoms with Gasteiger partial charge in [0.15, 0.2) is 0 Å². The van der Waals surface area contributed by atoms with Crippen LogP contribution in [0.2, 0.25) is 0 Å². The highest BCUT2D eigenvalue weighted by molar-refractivity contribution is 5.92. The zero-order chi connectivity index (χ0) is 21.8. The lowest BCUT2D eigenvalue weighted by Crippen LogP contribution is -2.25. The molecule has 0 saturated heterocycles. The maximum absolute atomic E-state index is 13.7. The first-order valence-corrected chi connectivity index (χ1v) is 9.83. The van der Waals surface area contributed by atoms with Crippen molar-refractivity contribution in [3.05, 3.63) is 23.3 Å². The number of benzene rings is 1. The normalized spacial score (nSPS) is 16.2. The number of alkyl halides is 3. The largest absolute Gasteiger partial charge is 0.416 e. The molecule has 3 rings (SSSR count). The van der Waals surface area contributed by atoms with Crippen molar-refractivity contribution in [2.75, 3.05) is 5.32 Å². The zero-order valence-corrected chi connectivity index (χ0v) is 17.4. The summed E-state index contributed by atoms with van der Waals surface area (Å²) in [6, 6.07) is 2.33. The number of amides is 1. The zero-order valence-electron chi connectivity index (χ0n) is 17.4. The molecule has 2 N–H and O–H groups in total. The Kier molecular flexibility index (Phi) is 5.22. The van der Waals surface area contributed by atoms with Gasteiger partial charge in [-0.05, 0) is 56.2 Å². The molecule has 2 aromatic rings. The van der Waals surface area contributed by atoms with Crippen molar-refractivity contribution < 1.29 is 23.1 Å². The number of anilines is 1.